The molecule has 0 aromatic carbocycles. The number of anilines is 1. The van der Waals surface area contributed by atoms with Crippen molar-refractivity contribution in [3.63, 3.8) is 0 Å². The van der Waals surface area contributed by atoms with Crippen molar-refractivity contribution >= 4 is 11.8 Å². The fourth-order valence-corrected chi connectivity index (χ4v) is 0.966. The molecule has 0 saturated heterocycles. The lowest BCUT2D eigenvalue weighted by Gasteiger charge is -2.09. The highest BCUT2D eigenvalue weighted by Gasteiger charge is 2.00. The van der Waals surface area contributed by atoms with Crippen molar-refractivity contribution in [3.8, 4) is 0 Å². The first-order chi connectivity index (χ1) is 4.97. The Morgan fingerprint density at radius 1 is 1.30 bits per heavy atom. The van der Waals surface area contributed by atoms with Crippen LogP contribution in [0.5, 0.6) is 0 Å². The van der Waals surface area contributed by atoms with Gasteiger partial charge in [-0.1, -0.05) is 12.2 Å². The minimum atomic E-state index is 0.888. The number of nitrogens with zero attached hydrogens (tertiary/aromatic N) is 2. The van der Waals surface area contributed by atoms with E-state index >= 15 is 0 Å². The maximum Gasteiger partial charge on any atom is 0.0734 e. The van der Waals surface area contributed by atoms with Gasteiger partial charge in [0.1, 0.15) is 0 Å². The molecule has 0 fully saturated rings. The largest absolute Gasteiger partial charge is 0.380 e. The monoisotopic (exact) mass is 133 g/mol. The Labute approximate surface area is 58.8 Å². The third kappa shape index (κ3) is 0.757. The molecule has 0 unspecified atom stereocenters. The van der Waals surface area contributed by atoms with Crippen molar-refractivity contribution in [2.75, 3.05) is 11.9 Å². The standard InChI is InChI=1S/C7H7N3/c1-2-6-4-9-10-5-7(6)8-3-1/h1-2,4-5,8H,3H2. The Bertz CT molecular complexity index is 267. The van der Waals surface area contributed by atoms with Gasteiger partial charge in [-0.15, -0.1) is 0 Å². The Morgan fingerprint density at radius 3 is 3.10 bits per heavy atom. The van der Waals surface area contributed by atoms with Gasteiger partial charge in [-0.25, -0.2) is 0 Å². The Morgan fingerprint density at radius 2 is 2.20 bits per heavy atom. The van der Waals surface area contributed by atoms with Gasteiger partial charge in [0.05, 0.1) is 18.1 Å². The lowest BCUT2D eigenvalue weighted by Crippen LogP contribution is -2.04. The van der Waals surface area contributed by atoms with Crippen molar-refractivity contribution in [1.82, 2.24) is 10.2 Å². The maximum atomic E-state index is 3.76. The Kier molecular flexibility index (Phi) is 1.13. The molecule has 1 aliphatic rings. The third-order valence-corrected chi connectivity index (χ3v) is 1.47. The summed E-state index contributed by atoms with van der Waals surface area (Å²) < 4.78 is 0. The van der Waals surface area contributed by atoms with E-state index in [1.54, 1.807) is 12.4 Å². The van der Waals surface area contributed by atoms with Crippen molar-refractivity contribution in [1.29, 1.82) is 0 Å². The van der Waals surface area contributed by atoms with E-state index in [4.69, 9.17) is 0 Å². The molecule has 3 heteroatoms. The molecule has 0 spiro atoms. The van der Waals surface area contributed by atoms with Crippen LogP contribution in [0.15, 0.2) is 18.5 Å². The second-order valence-electron chi connectivity index (χ2n) is 2.14. The zero-order valence-electron chi connectivity index (χ0n) is 5.41. The van der Waals surface area contributed by atoms with Crippen molar-refractivity contribution < 1.29 is 0 Å². The average Bonchev–Trinajstić information content (AvgIpc) is 2.05. The zero-order valence-corrected chi connectivity index (χ0v) is 5.41. The van der Waals surface area contributed by atoms with Crippen LogP contribution in [0.4, 0.5) is 5.69 Å². The summed E-state index contributed by atoms with van der Waals surface area (Å²) in [4.78, 5) is 0. The molecule has 2 rings (SSSR count). The van der Waals surface area contributed by atoms with E-state index in [2.05, 4.69) is 21.6 Å². The van der Waals surface area contributed by atoms with Crippen LogP contribution in [0.1, 0.15) is 5.56 Å². The van der Waals surface area contributed by atoms with Gasteiger partial charge in [0, 0.05) is 12.1 Å². The first-order valence-corrected chi connectivity index (χ1v) is 3.18. The van der Waals surface area contributed by atoms with E-state index in [-0.39, 0.29) is 0 Å². The van der Waals surface area contributed by atoms with E-state index in [1.165, 1.54) is 0 Å². The highest BCUT2D eigenvalue weighted by Crippen LogP contribution is 2.16. The summed E-state index contributed by atoms with van der Waals surface area (Å²) in [5.74, 6) is 0. The highest BCUT2D eigenvalue weighted by molar-refractivity contribution is 5.67. The number of aromatic nitrogens is 2. The zero-order chi connectivity index (χ0) is 6.81. The SMILES string of the molecule is C1=Cc2cnncc2NC1. The van der Waals surface area contributed by atoms with E-state index in [1.807, 2.05) is 6.08 Å². The smallest absolute Gasteiger partial charge is 0.0734 e. The van der Waals surface area contributed by atoms with Gasteiger partial charge in [0.15, 0.2) is 0 Å². The molecule has 1 aliphatic heterocycles. The van der Waals surface area contributed by atoms with Crippen LogP contribution in [0, 0.1) is 0 Å². The summed E-state index contributed by atoms with van der Waals surface area (Å²) in [6, 6.07) is 0. The fourth-order valence-electron chi connectivity index (χ4n) is 0.966. The fraction of sp³-hybridized carbons (Fsp3) is 0.143. The molecule has 3 nitrogen and oxygen atoms in total. The molecule has 0 amide bonds. The second kappa shape index (κ2) is 2.10. The molecule has 0 atom stereocenters. The van der Waals surface area contributed by atoms with Gasteiger partial charge in [-0.3, -0.25) is 0 Å². The van der Waals surface area contributed by atoms with Crippen LogP contribution in [0.25, 0.3) is 6.08 Å². The number of hydrogen-bond donors (Lipinski definition) is 1. The number of fused-ring (bicyclic) bond motifs is 1. The van der Waals surface area contributed by atoms with Gasteiger partial charge in [0.25, 0.3) is 0 Å². The van der Waals surface area contributed by atoms with Crippen LogP contribution in [-0.4, -0.2) is 16.7 Å². The van der Waals surface area contributed by atoms with E-state index in [0.717, 1.165) is 17.8 Å². The highest BCUT2D eigenvalue weighted by atomic mass is 15.1. The molecule has 0 bridgehead atoms. The topological polar surface area (TPSA) is 37.8 Å². The van der Waals surface area contributed by atoms with Gasteiger partial charge >= 0.3 is 0 Å². The first-order valence-electron chi connectivity index (χ1n) is 3.18. The van der Waals surface area contributed by atoms with Crippen LogP contribution in [-0.2, 0) is 0 Å². The molecular weight excluding hydrogens is 126 g/mol. The number of nitrogens with one attached hydrogen (secondary N) is 1. The van der Waals surface area contributed by atoms with Gasteiger partial charge in [-0.05, 0) is 0 Å². The molecule has 1 aromatic rings. The first kappa shape index (κ1) is 5.41. The van der Waals surface area contributed by atoms with Crippen molar-refractivity contribution in [2.24, 2.45) is 0 Å². The minimum absolute atomic E-state index is 0.888. The van der Waals surface area contributed by atoms with Gasteiger partial charge in [-0.2, -0.15) is 10.2 Å². The molecule has 50 valence electrons. The normalized spacial score (nSPS) is 14.0. The summed E-state index contributed by atoms with van der Waals surface area (Å²) in [5.41, 5.74) is 2.18. The molecule has 10 heavy (non-hydrogen) atoms. The number of hydrogen-bond acceptors (Lipinski definition) is 3. The summed E-state index contributed by atoms with van der Waals surface area (Å²) in [6.45, 7) is 0.888. The van der Waals surface area contributed by atoms with Gasteiger partial charge < -0.3 is 5.32 Å². The van der Waals surface area contributed by atoms with Crippen molar-refractivity contribution in [2.45, 2.75) is 0 Å². The summed E-state index contributed by atoms with van der Waals surface area (Å²) in [7, 11) is 0. The quantitative estimate of drug-likeness (QED) is 0.571. The molecule has 0 saturated carbocycles. The minimum Gasteiger partial charge on any atom is -0.380 e. The molecule has 0 radical (unpaired) electrons. The Hall–Kier alpha value is -1.38. The molecule has 2 heterocycles. The summed E-state index contributed by atoms with van der Waals surface area (Å²) in [5, 5.41) is 10.7. The average molecular weight is 133 g/mol. The van der Waals surface area contributed by atoms with Crippen LogP contribution in [0.2, 0.25) is 0 Å². The van der Waals surface area contributed by atoms with Crippen molar-refractivity contribution in [3.05, 3.63) is 24.0 Å². The van der Waals surface area contributed by atoms with Crippen LogP contribution < -0.4 is 5.32 Å². The molecule has 1 N–H and O–H groups in total. The Balaban J connectivity index is 2.54. The predicted octanol–water partition coefficient (Wildman–Crippen LogP) is 0.915. The lowest BCUT2D eigenvalue weighted by molar-refractivity contribution is 1.02. The van der Waals surface area contributed by atoms with Crippen LogP contribution in [0.3, 0.4) is 0 Å². The van der Waals surface area contributed by atoms with E-state index in [9.17, 15) is 0 Å². The lowest BCUT2D eigenvalue weighted by atomic mass is 10.2. The van der Waals surface area contributed by atoms with E-state index in [0.29, 0.717) is 0 Å². The third-order valence-electron chi connectivity index (χ3n) is 1.47. The maximum absolute atomic E-state index is 3.76. The second-order valence-corrected chi connectivity index (χ2v) is 2.14. The molecular formula is C7H7N3. The summed E-state index contributed by atoms with van der Waals surface area (Å²) >= 11 is 0. The van der Waals surface area contributed by atoms with Crippen LogP contribution >= 0.6 is 0 Å². The van der Waals surface area contributed by atoms with E-state index < -0.39 is 0 Å². The van der Waals surface area contributed by atoms with Gasteiger partial charge in [0.2, 0.25) is 0 Å². The summed E-state index contributed by atoms with van der Waals surface area (Å²) in [6.07, 6.45) is 7.58. The predicted molar refractivity (Wildman–Crippen MR) is 39.6 cm³/mol. The number of rotatable bonds is 0. The molecule has 1 aromatic heterocycles. The molecule has 0 aliphatic carbocycles.